The zero-order valence-corrected chi connectivity index (χ0v) is 13.6. The second-order valence-electron chi connectivity index (χ2n) is 6.15. The van der Waals surface area contributed by atoms with Gasteiger partial charge < -0.3 is 16.5 Å². The molecule has 9 nitrogen and oxygen atoms in total. The second kappa shape index (κ2) is 5.75. The standard InChI is InChI=1S/C15H21N9/c1-2-24-10(3-5-18-24)8-23-6-4-9(7-23)13-19-11-12(16)20-15(17)22-14(11)21-13/h3,5,9H,2,4,6-8H2,1H3,(H5,16,17,19,20,21,22). The van der Waals surface area contributed by atoms with Crippen LogP contribution in [0.2, 0.25) is 0 Å². The minimum atomic E-state index is 0.152. The highest BCUT2D eigenvalue weighted by atomic mass is 15.3. The monoisotopic (exact) mass is 327 g/mol. The van der Waals surface area contributed by atoms with E-state index in [4.69, 9.17) is 11.5 Å². The molecule has 0 aliphatic carbocycles. The summed E-state index contributed by atoms with van der Waals surface area (Å²) in [5, 5.41) is 4.33. The number of imidazole rings is 1. The van der Waals surface area contributed by atoms with E-state index in [9.17, 15) is 0 Å². The molecule has 4 rings (SSSR count). The number of nitrogen functional groups attached to an aromatic ring is 2. The summed E-state index contributed by atoms with van der Waals surface area (Å²) in [6.07, 6.45) is 2.90. The molecule has 1 aliphatic rings. The van der Waals surface area contributed by atoms with Gasteiger partial charge in [0, 0.05) is 31.7 Å². The lowest BCUT2D eigenvalue weighted by Gasteiger charge is -2.16. The van der Waals surface area contributed by atoms with Crippen LogP contribution in [-0.2, 0) is 13.1 Å². The number of anilines is 2. The van der Waals surface area contributed by atoms with Gasteiger partial charge in [-0.3, -0.25) is 9.58 Å². The summed E-state index contributed by atoms with van der Waals surface area (Å²) in [6.45, 7) is 5.87. The molecule has 1 saturated heterocycles. The largest absolute Gasteiger partial charge is 0.382 e. The Balaban J connectivity index is 1.51. The SMILES string of the molecule is CCn1nccc1CN1CCC(c2nc3nc(N)nc(N)c3[nH]2)C1. The van der Waals surface area contributed by atoms with Crippen LogP contribution in [0.5, 0.6) is 0 Å². The van der Waals surface area contributed by atoms with Gasteiger partial charge in [-0.15, -0.1) is 0 Å². The molecule has 0 radical (unpaired) electrons. The number of nitrogens with zero attached hydrogens (tertiary/aromatic N) is 6. The third-order valence-electron chi connectivity index (χ3n) is 4.56. The molecular formula is C15H21N9. The minimum absolute atomic E-state index is 0.152. The van der Waals surface area contributed by atoms with Crippen LogP contribution in [0.25, 0.3) is 11.2 Å². The van der Waals surface area contributed by atoms with E-state index in [0.717, 1.165) is 38.4 Å². The van der Waals surface area contributed by atoms with Crippen molar-refractivity contribution in [2.45, 2.75) is 32.4 Å². The molecule has 0 saturated carbocycles. The van der Waals surface area contributed by atoms with E-state index in [1.807, 2.05) is 10.9 Å². The fraction of sp³-hybridized carbons (Fsp3) is 0.467. The summed E-state index contributed by atoms with van der Waals surface area (Å²) in [7, 11) is 0. The van der Waals surface area contributed by atoms with Gasteiger partial charge in [-0.2, -0.15) is 15.1 Å². The van der Waals surface area contributed by atoms with Gasteiger partial charge in [0.15, 0.2) is 11.5 Å². The van der Waals surface area contributed by atoms with Crippen LogP contribution < -0.4 is 11.5 Å². The quantitative estimate of drug-likeness (QED) is 0.644. The van der Waals surface area contributed by atoms with Crippen LogP contribution in [0, 0.1) is 0 Å². The van der Waals surface area contributed by atoms with Gasteiger partial charge in [-0.25, -0.2) is 4.98 Å². The number of hydrogen-bond acceptors (Lipinski definition) is 7. The molecule has 9 heteroatoms. The molecule has 1 atom stereocenters. The Morgan fingerprint density at radius 1 is 1.29 bits per heavy atom. The number of fused-ring (bicyclic) bond motifs is 1. The lowest BCUT2D eigenvalue weighted by Crippen LogP contribution is -2.22. The van der Waals surface area contributed by atoms with E-state index in [-0.39, 0.29) is 5.95 Å². The summed E-state index contributed by atoms with van der Waals surface area (Å²) in [4.78, 5) is 18.4. The smallest absolute Gasteiger partial charge is 0.224 e. The van der Waals surface area contributed by atoms with Crippen LogP contribution in [0.1, 0.15) is 30.8 Å². The summed E-state index contributed by atoms with van der Waals surface area (Å²) in [5.74, 6) is 1.73. The van der Waals surface area contributed by atoms with Crippen molar-refractivity contribution in [2.24, 2.45) is 0 Å². The van der Waals surface area contributed by atoms with Crippen molar-refractivity contribution in [3.8, 4) is 0 Å². The van der Waals surface area contributed by atoms with E-state index in [1.54, 1.807) is 0 Å². The van der Waals surface area contributed by atoms with Gasteiger partial charge in [-0.05, 0) is 26.0 Å². The molecule has 0 aromatic carbocycles. The number of nitrogens with two attached hydrogens (primary N) is 2. The van der Waals surface area contributed by atoms with Crippen molar-refractivity contribution >= 4 is 22.9 Å². The normalized spacial score (nSPS) is 18.6. The summed E-state index contributed by atoms with van der Waals surface area (Å²) >= 11 is 0. The first kappa shape index (κ1) is 14.9. The Labute approximate surface area is 139 Å². The first-order chi connectivity index (χ1) is 11.6. The van der Waals surface area contributed by atoms with Crippen molar-refractivity contribution in [3.63, 3.8) is 0 Å². The molecule has 0 amide bonds. The van der Waals surface area contributed by atoms with Gasteiger partial charge in [0.25, 0.3) is 0 Å². The van der Waals surface area contributed by atoms with Crippen LogP contribution in [0.3, 0.4) is 0 Å². The number of nitrogens with one attached hydrogen (secondary N) is 1. The number of hydrogen-bond donors (Lipinski definition) is 3. The Bertz CT molecular complexity index is 865. The van der Waals surface area contributed by atoms with E-state index < -0.39 is 0 Å². The molecule has 3 aromatic heterocycles. The van der Waals surface area contributed by atoms with Crippen LogP contribution in [0.4, 0.5) is 11.8 Å². The van der Waals surface area contributed by atoms with Crippen molar-refractivity contribution in [2.75, 3.05) is 24.6 Å². The van der Waals surface area contributed by atoms with E-state index in [2.05, 4.69) is 42.9 Å². The first-order valence-electron chi connectivity index (χ1n) is 8.15. The molecule has 0 spiro atoms. The average molecular weight is 327 g/mol. The minimum Gasteiger partial charge on any atom is -0.382 e. The molecule has 5 N–H and O–H groups in total. The number of likely N-dealkylation sites (tertiary alicyclic amines) is 1. The van der Waals surface area contributed by atoms with Gasteiger partial charge in [0.05, 0.1) is 5.69 Å². The highest BCUT2D eigenvalue weighted by molar-refractivity contribution is 5.82. The number of rotatable bonds is 4. The molecule has 0 bridgehead atoms. The predicted molar refractivity (Wildman–Crippen MR) is 91.0 cm³/mol. The van der Waals surface area contributed by atoms with E-state index >= 15 is 0 Å². The molecule has 4 heterocycles. The predicted octanol–water partition coefficient (Wildman–Crippen LogP) is 0.723. The van der Waals surface area contributed by atoms with Crippen molar-refractivity contribution in [3.05, 3.63) is 23.8 Å². The van der Waals surface area contributed by atoms with Crippen LogP contribution in [-0.4, -0.2) is 47.7 Å². The maximum atomic E-state index is 5.90. The fourth-order valence-electron chi connectivity index (χ4n) is 3.36. The molecular weight excluding hydrogens is 306 g/mol. The number of H-pyrrole nitrogens is 1. The third-order valence-corrected chi connectivity index (χ3v) is 4.56. The third kappa shape index (κ3) is 2.56. The molecule has 126 valence electrons. The molecule has 1 fully saturated rings. The van der Waals surface area contributed by atoms with Crippen LogP contribution >= 0.6 is 0 Å². The number of aromatic nitrogens is 6. The van der Waals surface area contributed by atoms with Crippen molar-refractivity contribution < 1.29 is 0 Å². The van der Waals surface area contributed by atoms with Crippen molar-refractivity contribution in [1.29, 1.82) is 0 Å². The summed E-state index contributed by atoms with van der Waals surface area (Å²) in [5.41, 5.74) is 14.0. The average Bonchev–Trinajstić information content (AvgIpc) is 3.26. The maximum absolute atomic E-state index is 5.90. The van der Waals surface area contributed by atoms with Crippen molar-refractivity contribution in [1.82, 2.24) is 34.6 Å². The summed E-state index contributed by atoms with van der Waals surface area (Å²) < 4.78 is 2.04. The molecule has 3 aromatic rings. The first-order valence-corrected chi connectivity index (χ1v) is 8.15. The number of aromatic amines is 1. The fourth-order valence-corrected chi connectivity index (χ4v) is 3.36. The molecule has 1 unspecified atom stereocenters. The van der Waals surface area contributed by atoms with Crippen LogP contribution in [0.15, 0.2) is 12.3 Å². The van der Waals surface area contributed by atoms with Gasteiger partial charge >= 0.3 is 0 Å². The Morgan fingerprint density at radius 3 is 3.00 bits per heavy atom. The highest BCUT2D eigenvalue weighted by Gasteiger charge is 2.27. The maximum Gasteiger partial charge on any atom is 0.224 e. The lowest BCUT2D eigenvalue weighted by molar-refractivity contribution is 0.314. The van der Waals surface area contributed by atoms with Gasteiger partial charge in [0.1, 0.15) is 11.3 Å². The zero-order valence-electron chi connectivity index (χ0n) is 13.6. The molecule has 1 aliphatic heterocycles. The Kier molecular flexibility index (Phi) is 3.57. The highest BCUT2D eigenvalue weighted by Crippen LogP contribution is 2.28. The Hall–Kier alpha value is -2.68. The van der Waals surface area contributed by atoms with E-state index in [0.29, 0.717) is 22.9 Å². The molecule has 24 heavy (non-hydrogen) atoms. The topological polar surface area (TPSA) is 128 Å². The van der Waals surface area contributed by atoms with Gasteiger partial charge in [0.2, 0.25) is 5.95 Å². The summed E-state index contributed by atoms with van der Waals surface area (Å²) in [6, 6.07) is 2.08. The number of aryl methyl sites for hydroxylation is 1. The Morgan fingerprint density at radius 2 is 2.17 bits per heavy atom. The van der Waals surface area contributed by atoms with E-state index in [1.165, 1.54) is 5.69 Å². The lowest BCUT2D eigenvalue weighted by atomic mass is 10.1. The van der Waals surface area contributed by atoms with Gasteiger partial charge in [-0.1, -0.05) is 0 Å². The zero-order chi connectivity index (χ0) is 16.7. The second-order valence-corrected chi connectivity index (χ2v) is 6.15.